The molecule has 112 valence electrons. The molecule has 8 heteroatoms. The molecule has 0 saturated heterocycles. The van der Waals surface area contributed by atoms with Crippen LogP contribution in [0.25, 0.3) is 0 Å². The summed E-state index contributed by atoms with van der Waals surface area (Å²) in [7, 11) is 0. The summed E-state index contributed by atoms with van der Waals surface area (Å²) >= 11 is 0. The third-order valence-electron chi connectivity index (χ3n) is 3.58. The van der Waals surface area contributed by atoms with Gasteiger partial charge < -0.3 is 9.73 Å². The Morgan fingerprint density at radius 3 is 2.45 bits per heavy atom. The number of nitrogens with one attached hydrogen (secondary N) is 1. The Hall–Kier alpha value is -1.57. The highest BCUT2D eigenvalue weighted by Crippen LogP contribution is 2.37. The molecule has 1 saturated carbocycles. The van der Waals surface area contributed by atoms with Gasteiger partial charge in [-0.25, -0.2) is 0 Å². The molecular weight excluding hydrogens is 277 g/mol. The topological polar surface area (TPSA) is 68.3 Å². The Balaban J connectivity index is 1.77. The van der Waals surface area contributed by atoms with E-state index in [4.69, 9.17) is 4.42 Å². The molecule has 0 atom stereocenters. The molecule has 20 heavy (non-hydrogen) atoms. The second-order valence-corrected chi connectivity index (χ2v) is 4.97. The zero-order valence-electron chi connectivity index (χ0n) is 10.7. The average molecular weight is 292 g/mol. The molecule has 5 nitrogen and oxygen atoms in total. The number of furan rings is 1. The van der Waals surface area contributed by atoms with Crippen molar-refractivity contribution in [1.82, 2.24) is 5.32 Å². The summed E-state index contributed by atoms with van der Waals surface area (Å²) in [5, 5.41) is 13.5. The maximum Gasteiger partial charge on any atom is 0.433 e. The van der Waals surface area contributed by atoms with Crippen LogP contribution in [-0.2, 0) is 6.54 Å². The van der Waals surface area contributed by atoms with E-state index in [9.17, 15) is 23.3 Å². The van der Waals surface area contributed by atoms with Gasteiger partial charge in [0.1, 0.15) is 10.7 Å². The molecule has 1 fully saturated rings. The maximum atomic E-state index is 12.5. The van der Waals surface area contributed by atoms with Crippen molar-refractivity contribution in [3.63, 3.8) is 0 Å². The minimum absolute atomic E-state index is 0.00208. The molecule has 2 rings (SSSR count). The lowest BCUT2D eigenvalue weighted by Crippen LogP contribution is -2.36. The molecule has 1 aromatic rings. The Bertz CT molecular complexity index is 465. The third kappa shape index (κ3) is 3.72. The summed E-state index contributed by atoms with van der Waals surface area (Å²) in [6, 6.07) is 2.75. The van der Waals surface area contributed by atoms with Gasteiger partial charge in [-0.1, -0.05) is 0 Å². The first-order valence-electron chi connectivity index (χ1n) is 6.39. The van der Waals surface area contributed by atoms with E-state index < -0.39 is 17.0 Å². The van der Waals surface area contributed by atoms with Crippen LogP contribution in [0.4, 0.5) is 19.1 Å². The van der Waals surface area contributed by atoms with Crippen LogP contribution in [0.15, 0.2) is 16.5 Å². The monoisotopic (exact) mass is 292 g/mol. The lowest BCUT2D eigenvalue weighted by atomic mass is 9.85. The predicted octanol–water partition coefficient (Wildman–Crippen LogP) is 3.40. The van der Waals surface area contributed by atoms with Crippen LogP contribution in [0.1, 0.15) is 31.4 Å². The summed E-state index contributed by atoms with van der Waals surface area (Å²) in [6.45, 7) is 0.287. The van der Waals surface area contributed by atoms with Crippen molar-refractivity contribution in [3.05, 3.63) is 28.0 Å². The largest absolute Gasteiger partial charge is 0.433 e. The Kier molecular flexibility index (Phi) is 4.32. The first-order valence-corrected chi connectivity index (χ1v) is 6.39. The van der Waals surface area contributed by atoms with E-state index >= 15 is 0 Å². The molecule has 0 aliphatic heterocycles. The molecule has 1 aliphatic carbocycles. The highest BCUT2D eigenvalue weighted by molar-refractivity contribution is 5.17. The molecule has 0 unspecified atom stereocenters. The van der Waals surface area contributed by atoms with Gasteiger partial charge in [0.2, 0.25) is 0 Å². The molecule has 0 radical (unpaired) electrons. The van der Waals surface area contributed by atoms with Gasteiger partial charge in [0.05, 0.1) is 18.5 Å². The van der Waals surface area contributed by atoms with E-state index in [1.807, 2.05) is 0 Å². The van der Waals surface area contributed by atoms with Crippen molar-refractivity contribution in [3.8, 4) is 0 Å². The number of nitrogens with zero attached hydrogens (tertiary/aromatic N) is 1. The van der Waals surface area contributed by atoms with Gasteiger partial charge in [0.15, 0.2) is 0 Å². The summed E-state index contributed by atoms with van der Waals surface area (Å²) in [6.07, 6.45) is -2.95. The summed E-state index contributed by atoms with van der Waals surface area (Å²) in [5.74, 6) is -1.12. The summed E-state index contributed by atoms with van der Waals surface area (Å²) in [5.41, 5.74) is 0. The second kappa shape index (κ2) is 5.82. The number of hydrogen-bond donors (Lipinski definition) is 1. The lowest BCUT2D eigenvalue weighted by molar-refractivity contribution is -0.402. The van der Waals surface area contributed by atoms with Crippen LogP contribution in [0.5, 0.6) is 0 Å². The second-order valence-electron chi connectivity index (χ2n) is 4.97. The van der Waals surface area contributed by atoms with Gasteiger partial charge in [-0.3, -0.25) is 10.1 Å². The van der Waals surface area contributed by atoms with E-state index in [0.717, 1.165) is 0 Å². The van der Waals surface area contributed by atoms with Crippen molar-refractivity contribution in [1.29, 1.82) is 0 Å². The van der Waals surface area contributed by atoms with Crippen LogP contribution >= 0.6 is 0 Å². The van der Waals surface area contributed by atoms with E-state index in [1.165, 1.54) is 12.1 Å². The fourth-order valence-corrected chi connectivity index (χ4v) is 2.43. The predicted molar refractivity (Wildman–Crippen MR) is 64.0 cm³/mol. The molecule has 0 amide bonds. The summed E-state index contributed by atoms with van der Waals surface area (Å²) in [4.78, 5) is 9.81. The average Bonchev–Trinajstić information content (AvgIpc) is 2.85. The van der Waals surface area contributed by atoms with Crippen LogP contribution in [0.2, 0.25) is 0 Å². The molecule has 0 aromatic carbocycles. The van der Waals surface area contributed by atoms with Gasteiger partial charge in [-0.2, -0.15) is 13.2 Å². The molecule has 1 aliphatic rings. The smallest absolute Gasteiger partial charge is 0.404 e. The Morgan fingerprint density at radius 2 is 1.95 bits per heavy atom. The van der Waals surface area contributed by atoms with E-state index in [1.54, 1.807) is 0 Å². The SMILES string of the molecule is O=[N+]([O-])c1ccc(CNC2CCC(C(F)(F)F)CC2)o1. The van der Waals surface area contributed by atoms with Crippen LogP contribution in [0.3, 0.4) is 0 Å². The van der Waals surface area contributed by atoms with Crippen LogP contribution < -0.4 is 5.32 Å². The molecule has 1 heterocycles. The number of nitro groups is 1. The Morgan fingerprint density at radius 1 is 1.30 bits per heavy atom. The molecular formula is C12H15F3N2O3. The van der Waals surface area contributed by atoms with Gasteiger partial charge in [0, 0.05) is 6.04 Å². The standard InChI is InChI=1S/C12H15F3N2O3/c13-12(14,15)8-1-3-9(4-2-8)16-7-10-5-6-11(20-10)17(18)19/h5-6,8-9,16H,1-4,7H2. The third-order valence-corrected chi connectivity index (χ3v) is 3.58. The zero-order valence-corrected chi connectivity index (χ0v) is 10.7. The van der Waals surface area contributed by atoms with E-state index in [0.29, 0.717) is 18.6 Å². The van der Waals surface area contributed by atoms with Gasteiger partial charge in [-0.15, -0.1) is 0 Å². The number of hydrogen-bond acceptors (Lipinski definition) is 4. The number of alkyl halides is 3. The van der Waals surface area contributed by atoms with Crippen molar-refractivity contribution in [2.45, 2.75) is 44.4 Å². The fraction of sp³-hybridized carbons (Fsp3) is 0.667. The number of rotatable bonds is 4. The van der Waals surface area contributed by atoms with Crippen molar-refractivity contribution in [2.24, 2.45) is 5.92 Å². The quantitative estimate of drug-likeness (QED) is 0.682. The Labute approximate surface area is 113 Å². The molecule has 1 aromatic heterocycles. The molecule has 0 bridgehead atoms. The van der Waals surface area contributed by atoms with Gasteiger partial charge >= 0.3 is 12.1 Å². The van der Waals surface area contributed by atoms with Gasteiger partial charge in [-0.05, 0) is 31.7 Å². The minimum Gasteiger partial charge on any atom is -0.404 e. The minimum atomic E-state index is -4.10. The van der Waals surface area contributed by atoms with Crippen molar-refractivity contribution >= 4 is 5.88 Å². The molecule has 0 spiro atoms. The van der Waals surface area contributed by atoms with Crippen LogP contribution in [-0.4, -0.2) is 17.1 Å². The van der Waals surface area contributed by atoms with Crippen LogP contribution in [0, 0.1) is 16.0 Å². The first kappa shape index (κ1) is 14.8. The maximum absolute atomic E-state index is 12.5. The fourth-order valence-electron chi connectivity index (χ4n) is 2.43. The highest BCUT2D eigenvalue weighted by atomic mass is 19.4. The lowest BCUT2D eigenvalue weighted by Gasteiger charge is -2.30. The number of halogens is 3. The summed E-state index contributed by atoms with van der Waals surface area (Å²) < 4.78 is 42.5. The highest BCUT2D eigenvalue weighted by Gasteiger charge is 2.41. The zero-order chi connectivity index (χ0) is 14.8. The van der Waals surface area contributed by atoms with E-state index in [-0.39, 0.29) is 31.3 Å². The molecule has 1 N–H and O–H groups in total. The van der Waals surface area contributed by atoms with Gasteiger partial charge in [0.25, 0.3) is 0 Å². The van der Waals surface area contributed by atoms with Crippen molar-refractivity contribution in [2.75, 3.05) is 0 Å². The first-order chi connectivity index (χ1) is 9.36. The normalized spacial score (nSPS) is 23.8. The van der Waals surface area contributed by atoms with Crippen molar-refractivity contribution < 1.29 is 22.5 Å². The van der Waals surface area contributed by atoms with E-state index in [2.05, 4.69) is 5.32 Å².